The molecular weight excluding hydrogens is 258 g/mol. The van der Waals surface area contributed by atoms with Crippen molar-refractivity contribution in [3.8, 4) is 0 Å². The van der Waals surface area contributed by atoms with Gasteiger partial charge >= 0.3 is 0 Å². The average Bonchev–Trinajstić information content (AvgIpc) is 2.28. The van der Waals surface area contributed by atoms with Gasteiger partial charge in [0.1, 0.15) is 0 Å². The molecule has 0 aromatic rings. The first-order valence-electron chi connectivity index (χ1n) is 5.92. The van der Waals surface area contributed by atoms with E-state index in [1.807, 2.05) is 13.8 Å². The lowest BCUT2D eigenvalue weighted by atomic mass is 10.4. The summed E-state index contributed by atoms with van der Waals surface area (Å²) in [6.07, 6.45) is 0. The fourth-order valence-electron chi connectivity index (χ4n) is 1.63. The standard InChI is InChI=1S/C10H21N3O4S/c1-9(2)11-10(14)8-12(3)18(15,16)13-4-6-17-7-5-13/h9H,4-8H2,1-3H3,(H,11,14). The van der Waals surface area contributed by atoms with Crippen LogP contribution in [0.25, 0.3) is 0 Å². The van der Waals surface area contributed by atoms with Gasteiger partial charge in [0.25, 0.3) is 10.2 Å². The molecule has 1 rings (SSSR count). The molecule has 0 saturated carbocycles. The quantitative estimate of drug-likeness (QED) is 0.701. The van der Waals surface area contributed by atoms with Gasteiger partial charge in [-0.05, 0) is 13.8 Å². The maximum Gasteiger partial charge on any atom is 0.282 e. The highest BCUT2D eigenvalue weighted by molar-refractivity contribution is 7.86. The molecule has 1 aliphatic rings. The third-order valence-electron chi connectivity index (χ3n) is 2.51. The number of carbonyl (C=O) groups is 1. The molecule has 1 amide bonds. The molecule has 0 atom stereocenters. The summed E-state index contributed by atoms with van der Waals surface area (Å²) >= 11 is 0. The second-order valence-electron chi connectivity index (χ2n) is 4.50. The molecule has 1 saturated heterocycles. The Balaban J connectivity index is 2.58. The van der Waals surface area contributed by atoms with Gasteiger partial charge in [-0.1, -0.05) is 0 Å². The highest BCUT2D eigenvalue weighted by Crippen LogP contribution is 2.08. The van der Waals surface area contributed by atoms with Gasteiger partial charge in [0.2, 0.25) is 5.91 Å². The van der Waals surface area contributed by atoms with Crippen LogP contribution in [-0.4, -0.2) is 68.9 Å². The van der Waals surface area contributed by atoms with Gasteiger partial charge < -0.3 is 10.1 Å². The Labute approximate surface area is 108 Å². The van der Waals surface area contributed by atoms with Crippen LogP contribution in [0.2, 0.25) is 0 Å². The highest BCUT2D eigenvalue weighted by atomic mass is 32.2. The Morgan fingerprint density at radius 1 is 1.39 bits per heavy atom. The summed E-state index contributed by atoms with van der Waals surface area (Å²) in [5, 5.41) is 2.66. The molecule has 0 aromatic heterocycles. The van der Waals surface area contributed by atoms with E-state index in [1.165, 1.54) is 11.4 Å². The Morgan fingerprint density at radius 3 is 2.44 bits per heavy atom. The van der Waals surface area contributed by atoms with Crippen LogP contribution in [0.15, 0.2) is 0 Å². The lowest BCUT2D eigenvalue weighted by Crippen LogP contribution is -2.50. The number of nitrogens with one attached hydrogen (secondary N) is 1. The smallest absolute Gasteiger partial charge is 0.282 e. The first-order valence-corrected chi connectivity index (χ1v) is 7.32. The van der Waals surface area contributed by atoms with E-state index in [9.17, 15) is 13.2 Å². The number of likely N-dealkylation sites (N-methyl/N-ethyl adjacent to an activating group) is 1. The molecule has 1 fully saturated rings. The average molecular weight is 279 g/mol. The SMILES string of the molecule is CC(C)NC(=O)CN(C)S(=O)(=O)N1CCOCC1. The number of hydrogen-bond acceptors (Lipinski definition) is 4. The second-order valence-corrected chi connectivity index (χ2v) is 6.53. The summed E-state index contributed by atoms with van der Waals surface area (Å²) in [6, 6.07) is -0.00279. The molecule has 0 aliphatic carbocycles. The Kier molecular flexibility index (Phi) is 5.51. The summed E-state index contributed by atoms with van der Waals surface area (Å²) in [6.45, 7) is 4.94. The minimum atomic E-state index is -3.57. The van der Waals surface area contributed by atoms with Gasteiger partial charge in [-0.2, -0.15) is 17.0 Å². The van der Waals surface area contributed by atoms with E-state index in [2.05, 4.69) is 5.32 Å². The van der Waals surface area contributed by atoms with Gasteiger partial charge in [0, 0.05) is 26.2 Å². The minimum Gasteiger partial charge on any atom is -0.379 e. The lowest BCUT2D eigenvalue weighted by Gasteiger charge is -2.29. The first-order chi connectivity index (χ1) is 8.34. The van der Waals surface area contributed by atoms with E-state index >= 15 is 0 Å². The third-order valence-corrected chi connectivity index (χ3v) is 4.44. The van der Waals surface area contributed by atoms with Crippen molar-refractivity contribution >= 4 is 16.1 Å². The van der Waals surface area contributed by atoms with Gasteiger partial charge in [-0.15, -0.1) is 0 Å². The van der Waals surface area contributed by atoms with Crippen LogP contribution in [-0.2, 0) is 19.7 Å². The van der Waals surface area contributed by atoms with Crippen LogP contribution in [0.4, 0.5) is 0 Å². The molecule has 0 unspecified atom stereocenters. The fraction of sp³-hybridized carbons (Fsp3) is 0.900. The van der Waals surface area contributed by atoms with Crippen molar-refractivity contribution in [3.63, 3.8) is 0 Å². The normalized spacial score (nSPS) is 18.3. The zero-order valence-electron chi connectivity index (χ0n) is 11.0. The first kappa shape index (κ1) is 15.4. The number of nitrogens with zero attached hydrogens (tertiary/aromatic N) is 2. The number of rotatable bonds is 5. The summed E-state index contributed by atoms with van der Waals surface area (Å²) in [5.74, 6) is -0.302. The number of carbonyl (C=O) groups excluding carboxylic acids is 1. The zero-order chi connectivity index (χ0) is 13.8. The molecule has 0 radical (unpaired) electrons. The number of hydrogen-bond donors (Lipinski definition) is 1. The lowest BCUT2D eigenvalue weighted by molar-refractivity contribution is -0.121. The zero-order valence-corrected chi connectivity index (χ0v) is 11.9. The van der Waals surface area contributed by atoms with Crippen molar-refractivity contribution in [2.75, 3.05) is 39.9 Å². The van der Waals surface area contributed by atoms with Crippen molar-refractivity contribution in [3.05, 3.63) is 0 Å². The van der Waals surface area contributed by atoms with Crippen molar-refractivity contribution in [1.82, 2.24) is 13.9 Å². The topological polar surface area (TPSA) is 79.0 Å². The number of morpholine rings is 1. The van der Waals surface area contributed by atoms with Crippen LogP contribution in [0.1, 0.15) is 13.8 Å². The summed E-state index contributed by atoms with van der Waals surface area (Å²) in [4.78, 5) is 11.5. The van der Waals surface area contributed by atoms with Crippen LogP contribution in [0.5, 0.6) is 0 Å². The largest absolute Gasteiger partial charge is 0.379 e. The predicted molar refractivity (Wildman–Crippen MR) is 67.2 cm³/mol. The van der Waals surface area contributed by atoms with Gasteiger partial charge in [0.15, 0.2) is 0 Å². The van der Waals surface area contributed by atoms with Gasteiger partial charge in [-0.3, -0.25) is 4.79 Å². The Morgan fingerprint density at radius 2 is 1.94 bits per heavy atom. The summed E-state index contributed by atoms with van der Waals surface area (Å²) in [5.41, 5.74) is 0. The number of amides is 1. The van der Waals surface area contributed by atoms with E-state index in [0.29, 0.717) is 26.3 Å². The predicted octanol–water partition coefficient (Wildman–Crippen LogP) is -0.980. The molecule has 1 aliphatic heterocycles. The maximum absolute atomic E-state index is 12.1. The van der Waals surface area contributed by atoms with Crippen molar-refractivity contribution in [2.45, 2.75) is 19.9 Å². The molecule has 0 aromatic carbocycles. The van der Waals surface area contributed by atoms with Crippen molar-refractivity contribution < 1.29 is 17.9 Å². The van der Waals surface area contributed by atoms with Crippen LogP contribution < -0.4 is 5.32 Å². The summed E-state index contributed by atoms with van der Waals surface area (Å²) < 4.78 is 31.7. The highest BCUT2D eigenvalue weighted by Gasteiger charge is 2.29. The Hall–Kier alpha value is -0.700. The molecule has 7 nitrogen and oxygen atoms in total. The third kappa shape index (κ3) is 4.20. The van der Waals surface area contributed by atoms with E-state index in [1.54, 1.807) is 0 Å². The van der Waals surface area contributed by atoms with E-state index in [4.69, 9.17) is 4.74 Å². The number of ether oxygens (including phenoxy) is 1. The van der Waals surface area contributed by atoms with Gasteiger partial charge in [-0.25, -0.2) is 0 Å². The molecule has 8 heteroatoms. The van der Waals surface area contributed by atoms with Crippen molar-refractivity contribution in [2.24, 2.45) is 0 Å². The van der Waals surface area contributed by atoms with E-state index in [0.717, 1.165) is 4.31 Å². The van der Waals surface area contributed by atoms with E-state index in [-0.39, 0.29) is 18.5 Å². The van der Waals surface area contributed by atoms with Crippen LogP contribution in [0, 0.1) is 0 Å². The molecule has 18 heavy (non-hydrogen) atoms. The van der Waals surface area contributed by atoms with E-state index < -0.39 is 10.2 Å². The molecule has 106 valence electrons. The molecule has 1 heterocycles. The molecule has 0 spiro atoms. The molecule has 0 bridgehead atoms. The molecular formula is C10H21N3O4S. The van der Waals surface area contributed by atoms with Gasteiger partial charge in [0.05, 0.1) is 19.8 Å². The Bertz CT molecular complexity index is 377. The van der Waals surface area contributed by atoms with Crippen LogP contribution in [0.3, 0.4) is 0 Å². The minimum absolute atomic E-state index is 0.00279. The monoisotopic (exact) mass is 279 g/mol. The summed E-state index contributed by atoms with van der Waals surface area (Å²) in [7, 11) is -2.16. The fourth-order valence-corrected chi connectivity index (χ4v) is 2.91. The molecule has 1 N–H and O–H groups in total. The maximum atomic E-state index is 12.1. The van der Waals surface area contributed by atoms with Crippen molar-refractivity contribution in [1.29, 1.82) is 0 Å². The van der Waals surface area contributed by atoms with Crippen LogP contribution >= 0.6 is 0 Å². The second kappa shape index (κ2) is 6.46.